The lowest BCUT2D eigenvalue weighted by atomic mass is 10.0. The fourth-order valence-corrected chi connectivity index (χ4v) is 4.09. The molecule has 0 aliphatic carbocycles. The van der Waals surface area contributed by atoms with Crippen LogP contribution in [0.15, 0.2) is 73.3 Å². The second-order valence-corrected chi connectivity index (χ2v) is 8.84. The molecule has 2 N–H and O–H groups in total. The minimum Gasteiger partial charge on any atom is -0.497 e. The largest absolute Gasteiger partial charge is 0.497 e. The highest BCUT2D eigenvalue weighted by molar-refractivity contribution is 5.48. The molecule has 0 aliphatic rings. The molecule has 7 nitrogen and oxygen atoms in total. The van der Waals surface area contributed by atoms with E-state index in [9.17, 15) is 0 Å². The summed E-state index contributed by atoms with van der Waals surface area (Å²) in [5.74, 6) is 0.818. The van der Waals surface area contributed by atoms with Gasteiger partial charge in [-0.2, -0.15) is 10.2 Å². The average Bonchev–Trinajstić information content (AvgIpc) is 3.56. The Morgan fingerprint density at radius 3 is 2.21 bits per heavy atom. The van der Waals surface area contributed by atoms with E-state index in [0.29, 0.717) is 6.04 Å². The van der Waals surface area contributed by atoms with Crippen molar-refractivity contribution in [2.24, 2.45) is 0 Å². The molecule has 0 saturated carbocycles. The molecule has 34 heavy (non-hydrogen) atoms. The normalized spacial score (nSPS) is 12.3. The molecular weight excluding hydrogens is 424 g/mol. The Morgan fingerprint density at radius 2 is 1.53 bits per heavy atom. The maximum Gasteiger partial charge on any atom is 0.121 e. The van der Waals surface area contributed by atoms with Crippen molar-refractivity contribution >= 4 is 0 Å². The van der Waals surface area contributed by atoms with Gasteiger partial charge in [0.1, 0.15) is 5.75 Å². The lowest BCUT2D eigenvalue weighted by Gasteiger charge is -2.20. The Balaban J connectivity index is 1.52. The van der Waals surface area contributed by atoms with Crippen LogP contribution >= 0.6 is 0 Å². The van der Waals surface area contributed by atoms with Gasteiger partial charge in [0, 0.05) is 56.0 Å². The molecule has 2 aromatic carbocycles. The van der Waals surface area contributed by atoms with Gasteiger partial charge in [0.05, 0.1) is 18.5 Å². The molecule has 0 radical (unpaired) electrons. The fraction of sp³-hybridized carbons (Fsp3) is 0.333. The molecule has 0 saturated heterocycles. The van der Waals surface area contributed by atoms with Crippen LogP contribution in [0, 0.1) is 0 Å². The highest BCUT2D eigenvalue weighted by Gasteiger charge is 2.15. The van der Waals surface area contributed by atoms with E-state index in [4.69, 9.17) is 4.74 Å². The molecular formula is C27H34N6O. The smallest absolute Gasteiger partial charge is 0.121 e. The molecule has 7 heteroatoms. The standard InChI is InChI=1S/C27H34N6O/c1-20(2)28-19-24-9-5-8-22(27(24)33-15-7-13-31-33)16-21(3)29-18-23-10-11-25(34-4)17-26(23)32-14-6-12-30-32/h5-15,17,20-21,28-29H,16,18-19H2,1-4H3. The van der Waals surface area contributed by atoms with E-state index < -0.39 is 0 Å². The van der Waals surface area contributed by atoms with E-state index in [1.165, 1.54) is 16.7 Å². The second-order valence-electron chi connectivity index (χ2n) is 8.84. The summed E-state index contributed by atoms with van der Waals surface area (Å²) in [7, 11) is 1.68. The molecule has 2 heterocycles. The van der Waals surface area contributed by atoms with Crippen molar-refractivity contribution in [1.82, 2.24) is 30.2 Å². The van der Waals surface area contributed by atoms with Crippen molar-refractivity contribution in [1.29, 1.82) is 0 Å². The van der Waals surface area contributed by atoms with Gasteiger partial charge in [-0.05, 0) is 48.2 Å². The zero-order valence-corrected chi connectivity index (χ0v) is 20.4. The zero-order valence-electron chi connectivity index (χ0n) is 20.4. The van der Waals surface area contributed by atoms with Crippen LogP contribution in [0.25, 0.3) is 11.4 Å². The number of para-hydroxylation sites is 1. The molecule has 1 atom stereocenters. The third-order valence-corrected chi connectivity index (χ3v) is 5.85. The number of hydrogen-bond donors (Lipinski definition) is 2. The maximum absolute atomic E-state index is 5.43. The van der Waals surface area contributed by atoms with Crippen molar-refractivity contribution < 1.29 is 4.74 Å². The number of rotatable bonds is 11. The maximum atomic E-state index is 5.43. The van der Waals surface area contributed by atoms with Crippen LogP contribution < -0.4 is 15.4 Å². The monoisotopic (exact) mass is 458 g/mol. The summed E-state index contributed by atoms with van der Waals surface area (Å²) in [5, 5.41) is 16.2. The Kier molecular flexibility index (Phi) is 7.77. The summed E-state index contributed by atoms with van der Waals surface area (Å²) in [6.07, 6.45) is 8.48. The molecule has 1 unspecified atom stereocenters. The zero-order chi connectivity index (χ0) is 23.9. The van der Waals surface area contributed by atoms with Crippen LogP contribution in [0.5, 0.6) is 5.75 Å². The van der Waals surface area contributed by atoms with Crippen LogP contribution in [-0.4, -0.2) is 38.8 Å². The van der Waals surface area contributed by atoms with E-state index in [2.05, 4.69) is 65.9 Å². The Hall–Kier alpha value is -3.42. The molecule has 4 rings (SSSR count). The number of aromatic nitrogens is 4. The fourth-order valence-electron chi connectivity index (χ4n) is 4.09. The second kappa shape index (κ2) is 11.1. The van der Waals surface area contributed by atoms with Crippen molar-refractivity contribution in [3.05, 3.63) is 90.0 Å². The van der Waals surface area contributed by atoms with Gasteiger partial charge in [-0.1, -0.05) is 38.1 Å². The van der Waals surface area contributed by atoms with Gasteiger partial charge in [0.15, 0.2) is 0 Å². The molecule has 0 spiro atoms. The summed E-state index contributed by atoms with van der Waals surface area (Å²) in [5.41, 5.74) is 5.87. The number of nitrogens with one attached hydrogen (secondary N) is 2. The third-order valence-electron chi connectivity index (χ3n) is 5.85. The number of benzene rings is 2. The van der Waals surface area contributed by atoms with Gasteiger partial charge in [0.2, 0.25) is 0 Å². The van der Waals surface area contributed by atoms with E-state index in [0.717, 1.165) is 36.6 Å². The van der Waals surface area contributed by atoms with Gasteiger partial charge < -0.3 is 15.4 Å². The summed E-state index contributed by atoms with van der Waals surface area (Å²) in [4.78, 5) is 0. The minimum atomic E-state index is 0.259. The summed E-state index contributed by atoms with van der Waals surface area (Å²) in [6, 6.07) is 17.2. The van der Waals surface area contributed by atoms with Crippen molar-refractivity contribution in [3.8, 4) is 17.1 Å². The first-order valence-electron chi connectivity index (χ1n) is 11.8. The highest BCUT2D eigenvalue weighted by Crippen LogP contribution is 2.23. The van der Waals surface area contributed by atoms with Crippen molar-refractivity contribution in [3.63, 3.8) is 0 Å². The molecule has 2 aromatic heterocycles. The average molecular weight is 459 g/mol. The molecule has 0 fully saturated rings. The number of ether oxygens (including phenoxy) is 1. The SMILES string of the molecule is COc1ccc(CNC(C)Cc2cccc(CNC(C)C)c2-n2cccn2)c(-n2cccn2)c1. The summed E-state index contributed by atoms with van der Waals surface area (Å²) in [6.45, 7) is 8.09. The third kappa shape index (κ3) is 5.73. The first-order chi connectivity index (χ1) is 16.5. The van der Waals surface area contributed by atoms with Crippen LogP contribution in [-0.2, 0) is 19.5 Å². The molecule has 4 aromatic rings. The number of methoxy groups -OCH3 is 1. The lowest BCUT2D eigenvalue weighted by Crippen LogP contribution is -2.29. The van der Waals surface area contributed by atoms with E-state index >= 15 is 0 Å². The topological polar surface area (TPSA) is 68.9 Å². The van der Waals surface area contributed by atoms with E-state index in [-0.39, 0.29) is 6.04 Å². The number of nitrogens with zero attached hydrogens (tertiary/aromatic N) is 4. The van der Waals surface area contributed by atoms with Gasteiger partial charge >= 0.3 is 0 Å². The van der Waals surface area contributed by atoms with Crippen LogP contribution in [0.3, 0.4) is 0 Å². The predicted molar refractivity (Wildman–Crippen MR) is 136 cm³/mol. The highest BCUT2D eigenvalue weighted by atomic mass is 16.5. The van der Waals surface area contributed by atoms with Gasteiger partial charge in [-0.25, -0.2) is 9.36 Å². The van der Waals surface area contributed by atoms with Gasteiger partial charge in [0.25, 0.3) is 0 Å². The molecule has 0 amide bonds. The van der Waals surface area contributed by atoms with Crippen molar-refractivity contribution in [2.75, 3.05) is 7.11 Å². The Labute approximate surface area is 201 Å². The Bertz CT molecular complexity index is 1170. The molecule has 0 aliphatic heterocycles. The van der Waals surface area contributed by atoms with Crippen LogP contribution in [0.2, 0.25) is 0 Å². The molecule has 0 bridgehead atoms. The van der Waals surface area contributed by atoms with Crippen LogP contribution in [0.1, 0.15) is 37.5 Å². The quantitative estimate of drug-likeness (QED) is 0.351. The van der Waals surface area contributed by atoms with Crippen molar-refractivity contribution in [2.45, 2.75) is 52.4 Å². The van der Waals surface area contributed by atoms with Gasteiger partial charge in [-0.3, -0.25) is 0 Å². The van der Waals surface area contributed by atoms with E-state index in [1.807, 2.05) is 52.2 Å². The van der Waals surface area contributed by atoms with E-state index in [1.54, 1.807) is 13.3 Å². The lowest BCUT2D eigenvalue weighted by molar-refractivity contribution is 0.414. The molecule has 178 valence electrons. The number of hydrogen-bond acceptors (Lipinski definition) is 5. The van der Waals surface area contributed by atoms with Gasteiger partial charge in [-0.15, -0.1) is 0 Å². The summed E-state index contributed by atoms with van der Waals surface area (Å²) < 4.78 is 9.30. The first-order valence-corrected chi connectivity index (χ1v) is 11.8. The summed E-state index contributed by atoms with van der Waals surface area (Å²) >= 11 is 0. The van der Waals surface area contributed by atoms with Crippen LogP contribution in [0.4, 0.5) is 0 Å². The Morgan fingerprint density at radius 1 is 0.824 bits per heavy atom. The predicted octanol–water partition coefficient (Wildman–Crippen LogP) is 4.29. The minimum absolute atomic E-state index is 0.259. The first kappa shape index (κ1) is 23.7.